The summed E-state index contributed by atoms with van der Waals surface area (Å²) in [6, 6.07) is 0. The third-order valence-corrected chi connectivity index (χ3v) is 3.73. The molecule has 0 aromatic carbocycles. The zero-order valence-electron chi connectivity index (χ0n) is 9.16. The highest BCUT2D eigenvalue weighted by Crippen LogP contribution is 2.31. The number of carbonyl (C=O) groups excluding carboxylic acids is 1. The summed E-state index contributed by atoms with van der Waals surface area (Å²) in [6.07, 6.45) is 4.55. The minimum atomic E-state index is 0.362. The van der Waals surface area contributed by atoms with E-state index in [0.717, 1.165) is 30.2 Å². The number of H-pyrrole nitrogens is 1. The Labute approximate surface area is 98.8 Å². The number of alkyl halides is 1. The van der Waals surface area contributed by atoms with Gasteiger partial charge in [0.1, 0.15) is 5.69 Å². The van der Waals surface area contributed by atoms with E-state index in [0.29, 0.717) is 17.5 Å². The van der Waals surface area contributed by atoms with Gasteiger partial charge < -0.3 is 4.98 Å². The van der Waals surface area contributed by atoms with Crippen molar-refractivity contribution in [2.24, 2.45) is 5.92 Å². The third-order valence-electron chi connectivity index (χ3n) is 2.90. The molecular formula is C11H17BrN2O. The van der Waals surface area contributed by atoms with Gasteiger partial charge in [0.2, 0.25) is 0 Å². The van der Waals surface area contributed by atoms with Crippen LogP contribution in [0, 0.1) is 5.92 Å². The first-order valence-corrected chi connectivity index (χ1v) is 6.44. The van der Waals surface area contributed by atoms with E-state index in [4.69, 9.17) is 0 Å². The van der Waals surface area contributed by atoms with Crippen LogP contribution >= 0.6 is 15.9 Å². The normalized spacial score (nSPS) is 14.9. The molecule has 0 bridgehead atoms. The second kappa shape index (κ2) is 6.05. The first-order chi connectivity index (χ1) is 7.28. The Hall–Kier alpha value is -0.640. The molecule has 1 aromatic heterocycles. The van der Waals surface area contributed by atoms with E-state index < -0.39 is 0 Å². The van der Waals surface area contributed by atoms with E-state index in [2.05, 4.69) is 39.7 Å². The maximum absolute atomic E-state index is 10.8. The number of aromatic nitrogens is 2. The summed E-state index contributed by atoms with van der Waals surface area (Å²) in [6.45, 7) is 4.31. The predicted octanol–water partition coefficient (Wildman–Crippen LogP) is 3.14. The number of hydrogen-bond donors (Lipinski definition) is 1. The number of carbonyl (C=O) groups is 1. The topological polar surface area (TPSA) is 45.8 Å². The van der Waals surface area contributed by atoms with Crippen molar-refractivity contribution in [3.8, 4) is 0 Å². The maximum atomic E-state index is 10.8. The molecule has 1 rings (SSSR count). The van der Waals surface area contributed by atoms with Gasteiger partial charge in [-0.05, 0) is 12.3 Å². The lowest BCUT2D eigenvalue weighted by Gasteiger charge is -2.22. The van der Waals surface area contributed by atoms with Gasteiger partial charge >= 0.3 is 0 Å². The molecule has 0 saturated carbocycles. The first-order valence-electron chi connectivity index (χ1n) is 5.32. The Balaban J connectivity index is 2.95. The monoisotopic (exact) mass is 272 g/mol. The number of aldehydes is 1. The highest BCUT2D eigenvalue weighted by atomic mass is 79.9. The minimum Gasteiger partial charge on any atom is -0.342 e. The van der Waals surface area contributed by atoms with Crippen LogP contribution in [0.5, 0.6) is 0 Å². The van der Waals surface area contributed by atoms with Gasteiger partial charge in [-0.3, -0.25) is 4.79 Å². The molecule has 0 aliphatic rings. The summed E-state index contributed by atoms with van der Waals surface area (Å²) in [4.78, 5) is 18.0. The Kier molecular flexibility index (Phi) is 5.02. The maximum Gasteiger partial charge on any atom is 0.168 e. The molecule has 0 aliphatic heterocycles. The minimum absolute atomic E-state index is 0.362. The van der Waals surface area contributed by atoms with Gasteiger partial charge in [0.15, 0.2) is 6.29 Å². The predicted molar refractivity (Wildman–Crippen MR) is 64.6 cm³/mol. The van der Waals surface area contributed by atoms with Crippen molar-refractivity contribution in [3.63, 3.8) is 0 Å². The largest absolute Gasteiger partial charge is 0.342 e. The molecule has 0 fully saturated rings. The average Bonchev–Trinajstić information content (AvgIpc) is 2.73. The van der Waals surface area contributed by atoms with Crippen LogP contribution in [0.2, 0.25) is 0 Å². The highest BCUT2D eigenvalue weighted by molar-refractivity contribution is 9.09. The van der Waals surface area contributed by atoms with Crippen molar-refractivity contribution in [3.05, 3.63) is 17.7 Å². The lowest BCUT2D eigenvalue weighted by atomic mass is 9.86. The van der Waals surface area contributed by atoms with Crippen molar-refractivity contribution < 1.29 is 4.79 Å². The van der Waals surface area contributed by atoms with E-state index >= 15 is 0 Å². The Morgan fingerprint density at radius 1 is 1.53 bits per heavy atom. The lowest BCUT2D eigenvalue weighted by molar-refractivity contribution is 0.111. The Bertz CT molecular complexity index is 307. The third kappa shape index (κ3) is 2.68. The fourth-order valence-electron chi connectivity index (χ4n) is 1.96. The zero-order chi connectivity index (χ0) is 11.3. The Morgan fingerprint density at radius 2 is 2.27 bits per heavy atom. The van der Waals surface area contributed by atoms with Gasteiger partial charge in [0, 0.05) is 11.2 Å². The van der Waals surface area contributed by atoms with Crippen molar-refractivity contribution in [2.45, 2.75) is 32.6 Å². The smallest absolute Gasteiger partial charge is 0.168 e. The number of nitrogens with one attached hydrogen (secondary N) is 1. The number of imidazole rings is 1. The molecule has 1 heterocycles. The van der Waals surface area contributed by atoms with Crippen LogP contribution in [0.4, 0.5) is 0 Å². The van der Waals surface area contributed by atoms with Crippen LogP contribution in [-0.4, -0.2) is 21.6 Å². The van der Waals surface area contributed by atoms with Crippen molar-refractivity contribution in [1.29, 1.82) is 0 Å². The van der Waals surface area contributed by atoms with Crippen LogP contribution in [0.1, 0.15) is 48.8 Å². The standard InChI is InChI=1S/C11H17BrN2O/c1-3-8(5-12)9(4-2)11-10(6-15)13-7-14-11/h6-9H,3-5H2,1-2H3,(H,13,14). The molecule has 0 saturated heterocycles. The summed E-state index contributed by atoms with van der Waals surface area (Å²) < 4.78 is 0. The second-order valence-corrected chi connectivity index (χ2v) is 4.30. The van der Waals surface area contributed by atoms with Gasteiger partial charge in [-0.25, -0.2) is 4.98 Å². The average molecular weight is 273 g/mol. The second-order valence-electron chi connectivity index (χ2n) is 3.66. The van der Waals surface area contributed by atoms with Gasteiger partial charge in [0.05, 0.1) is 12.0 Å². The molecule has 1 N–H and O–H groups in total. The molecule has 0 radical (unpaired) electrons. The summed E-state index contributed by atoms with van der Waals surface area (Å²) in [5, 5.41) is 0.952. The first kappa shape index (κ1) is 12.4. The summed E-state index contributed by atoms with van der Waals surface area (Å²) >= 11 is 3.52. The summed E-state index contributed by atoms with van der Waals surface area (Å²) in [5.74, 6) is 0.901. The van der Waals surface area contributed by atoms with E-state index in [-0.39, 0.29) is 0 Å². The van der Waals surface area contributed by atoms with Crippen molar-refractivity contribution in [2.75, 3.05) is 5.33 Å². The molecule has 4 heteroatoms. The van der Waals surface area contributed by atoms with Crippen LogP contribution in [-0.2, 0) is 0 Å². The fourth-order valence-corrected chi connectivity index (χ4v) is 2.86. The summed E-state index contributed by atoms with van der Waals surface area (Å²) in [7, 11) is 0. The van der Waals surface area contributed by atoms with E-state index in [1.807, 2.05) is 0 Å². The molecule has 15 heavy (non-hydrogen) atoms. The quantitative estimate of drug-likeness (QED) is 0.639. The Morgan fingerprint density at radius 3 is 2.73 bits per heavy atom. The SMILES string of the molecule is CCC(CBr)C(CC)c1nc[nH]c1C=O. The zero-order valence-corrected chi connectivity index (χ0v) is 10.8. The number of aromatic amines is 1. The number of nitrogens with zero attached hydrogens (tertiary/aromatic N) is 1. The van der Waals surface area contributed by atoms with Crippen LogP contribution in [0.25, 0.3) is 0 Å². The van der Waals surface area contributed by atoms with Gasteiger partial charge in [-0.2, -0.15) is 0 Å². The van der Waals surface area contributed by atoms with Crippen LogP contribution in [0.15, 0.2) is 6.33 Å². The highest BCUT2D eigenvalue weighted by Gasteiger charge is 2.23. The van der Waals surface area contributed by atoms with Gasteiger partial charge in [-0.1, -0.05) is 36.2 Å². The van der Waals surface area contributed by atoms with Gasteiger partial charge in [-0.15, -0.1) is 0 Å². The summed E-state index contributed by atoms with van der Waals surface area (Å²) in [5.41, 5.74) is 1.54. The molecule has 0 spiro atoms. The van der Waals surface area contributed by atoms with Crippen molar-refractivity contribution in [1.82, 2.24) is 9.97 Å². The molecule has 1 aromatic rings. The molecule has 2 atom stereocenters. The van der Waals surface area contributed by atoms with Crippen LogP contribution < -0.4 is 0 Å². The lowest BCUT2D eigenvalue weighted by Crippen LogP contribution is -2.15. The number of hydrogen-bond acceptors (Lipinski definition) is 2. The molecule has 3 nitrogen and oxygen atoms in total. The number of rotatable bonds is 6. The molecular weight excluding hydrogens is 256 g/mol. The number of halogens is 1. The van der Waals surface area contributed by atoms with Gasteiger partial charge in [0.25, 0.3) is 0 Å². The van der Waals surface area contributed by atoms with E-state index in [1.165, 1.54) is 0 Å². The molecule has 2 unspecified atom stereocenters. The molecule has 0 aliphatic carbocycles. The van der Waals surface area contributed by atoms with Crippen molar-refractivity contribution >= 4 is 22.2 Å². The van der Waals surface area contributed by atoms with E-state index in [1.54, 1.807) is 6.33 Å². The molecule has 0 amide bonds. The van der Waals surface area contributed by atoms with Crippen LogP contribution in [0.3, 0.4) is 0 Å². The van der Waals surface area contributed by atoms with E-state index in [9.17, 15) is 4.79 Å². The fraction of sp³-hybridized carbons (Fsp3) is 0.636. The molecule has 84 valence electrons.